The summed E-state index contributed by atoms with van der Waals surface area (Å²) in [4.78, 5) is 3.87. The lowest BCUT2D eigenvalue weighted by molar-refractivity contribution is 0.213. The van der Waals surface area contributed by atoms with Gasteiger partial charge in [-0.15, -0.1) is 11.8 Å². The largest absolute Gasteiger partial charge is 0.305 e. The van der Waals surface area contributed by atoms with Gasteiger partial charge in [-0.05, 0) is 37.9 Å². The van der Waals surface area contributed by atoms with E-state index in [9.17, 15) is 0 Å². The standard InChI is InChI=1S/C14H21NS/c1-15(12-13-6-5-7-13)10-11-16-14-8-3-2-4-9-14/h2-4,8-9,13H,5-7,10-12H2,1H3. The monoisotopic (exact) mass is 235 g/mol. The zero-order valence-corrected chi connectivity index (χ0v) is 10.9. The SMILES string of the molecule is CN(CCSc1ccccc1)CC1CCC1. The molecule has 0 radical (unpaired) electrons. The summed E-state index contributed by atoms with van der Waals surface area (Å²) in [6.45, 7) is 2.51. The number of thioether (sulfide) groups is 1. The van der Waals surface area contributed by atoms with E-state index in [1.54, 1.807) is 0 Å². The zero-order chi connectivity index (χ0) is 11.2. The van der Waals surface area contributed by atoms with Crippen molar-refractivity contribution in [2.24, 2.45) is 5.92 Å². The molecular weight excluding hydrogens is 214 g/mol. The minimum absolute atomic E-state index is 0.992. The molecule has 1 aliphatic rings. The van der Waals surface area contributed by atoms with Crippen LogP contribution in [0.25, 0.3) is 0 Å². The number of rotatable bonds is 6. The van der Waals surface area contributed by atoms with E-state index in [0.29, 0.717) is 0 Å². The Hall–Kier alpha value is -0.470. The van der Waals surface area contributed by atoms with E-state index in [1.165, 1.54) is 43.0 Å². The van der Waals surface area contributed by atoms with Crippen LogP contribution in [0.15, 0.2) is 35.2 Å². The van der Waals surface area contributed by atoms with Gasteiger partial charge in [0.1, 0.15) is 0 Å². The summed E-state index contributed by atoms with van der Waals surface area (Å²) in [7, 11) is 2.25. The third-order valence-corrected chi connectivity index (χ3v) is 4.27. The van der Waals surface area contributed by atoms with Crippen LogP contribution in [0.2, 0.25) is 0 Å². The number of benzene rings is 1. The van der Waals surface area contributed by atoms with Crippen LogP contribution in [0, 0.1) is 5.92 Å². The van der Waals surface area contributed by atoms with E-state index in [1.807, 2.05) is 11.8 Å². The van der Waals surface area contributed by atoms with Crippen LogP contribution in [-0.4, -0.2) is 30.8 Å². The van der Waals surface area contributed by atoms with Gasteiger partial charge in [0.25, 0.3) is 0 Å². The molecule has 0 N–H and O–H groups in total. The van der Waals surface area contributed by atoms with E-state index in [-0.39, 0.29) is 0 Å². The zero-order valence-electron chi connectivity index (χ0n) is 10.1. The summed E-state index contributed by atoms with van der Waals surface area (Å²) in [5.41, 5.74) is 0. The molecule has 0 aliphatic heterocycles. The van der Waals surface area contributed by atoms with Crippen LogP contribution in [0.4, 0.5) is 0 Å². The first-order chi connectivity index (χ1) is 7.84. The summed E-state index contributed by atoms with van der Waals surface area (Å²) in [6.07, 6.45) is 4.36. The Labute approximate surface area is 103 Å². The van der Waals surface area contributed by atoms with E-state index < -0.39 is 0 Å². The molecule has 1 nitrogen and oxygen atoms in total. The molecule has 0 amide bonds. The van der Waals surface area contributed by atoms with E-state index in [2.05, 4.69) is 42.3 Å². The Morgan fingerprint density at radius 2 is 2.00 bits per heavy atom. The van der Waals surface area contributed by atoms with Gasteiger partial charge in [-0.2, -0.15) is 0 Å². The lowest BCUT2D eigenvalue weighted by Crippen LogP contribution is -2.30. The van der Waals surface area contributed by atoms with Crippen LogP contribution in [0.5, 0.6) is 0 Å². The molecule has 1 aromatic rings. The molecule has 2 rings (SSSR count). The van der Waals surface area contributed by atoms with Crippen molar-refractivity contribution >= 4 is 11.8 Å². The van der Waals surface area contributed by atoms with E-state index in [4.69, 9.17) is 0 Å². The minimum Gasteiger partial charge on any atom is -0.305 e. The second-order valence-corrected chi connectivity index (χ2v) is 5.89. The van der Waals surface area contributed by atoms with E-state index >= 15 is 0 Å². The van der Waals surface area contributed by atoms with Crippen LogP contribution in [-0.2, 0) is 0 Å². The molecule has 1 fully saturated rings. The van der Waals surface area contributed by atoms with Crippen molar-refractivity contribution in [1.29, 1.82) is 0 Å². The summed E-state index contributed by atoms with van der Waals surface area (Å²) in [5, 5.41) is 0. The third kappa shape index (κ3) is 3.84. The Morgan fingerprint density at radius 3 is 2.62 bits per heavy atom. The fourth-order valence-electron chi connectivity index (χ4n) is 2.04. The fraction of sp³-hybridized carbons (Fsp3) is 0.571. The molecule has 0 atom stereocenters. The normalized spacial score (nSPS) is 16.4. The summed E-state index contributed by atoms with van der Waals surface area (Å²) < 4.78 is 0. The van der Waals surface area contributed by atoms with E-state index in [0.717, 1.165) is 5.92 Å². The maximum Gasteiger partial charge on any atom is 0.0108 e. The lowest BCUT2D eigenvalue weighted by atomic mass is 9.85. The highest BCUT2D eigenvalue weighted by atomic mass is 32.2. The molecule has 0 saturated heterocycles. The Morgan fingerprint density at radius 1 is 1.25 bits per heavy atom. The number of hydrogen-bond donors (Lipinski definition) is 0. The van der Waals surface area contributed by atoms with Gasteiger partial charge in [0.15, 0.2) is 0 Å². The molecule has 88 valence electrons. The number of nitrogens with zero attached hydrogens (tertiary/aromatic N) is 1. The van der Waals surface area contributed by atoms with Crippen molar-refractivity contribution in [3.63, 3.8) is 0 Å². The van der Waals surface area contributed by atoms with Crippen molar-refractivity contribution in [2.45, 2.75) is 24.2 Å². The fourth-order valence-corrected chi connectivity index (χ4v) is 3.03. The Balaban J connectivity index is 1.60. The lowest BCUT2D eigenvalue weighted by Gasteiger charge is -2.30. The Kier molecular flexibility index (Phi) is 4.73. The van der Waals surface area contributed by atoms with Crippen molar-refractivity contribution in [2.75, 3.05) is 25.9 Å². The van der Waals surface area contributed by atoms with Gasteiger partial charge in [-0.3, -0.25) is 0 Å². The molecule has 2 heteroatoms. The molecule has 1 aliphatic carbocycles. The first kappa shape index (κ1) is 12.0. The van der Waals surface area contributed by atoms with Crippen LogP contribution >= 0.6 is 11.8 Å². The summed E-state index contributed by atoms with van der Waals surface area (Å²) >= 11 is 1.96. The molecule has 16 heavy (non-hydrogen) atoms. The van der Waals surface area contributed by atoms with Gasteiger partial charge in [-0.25, -0.2) is 0 Å². The maximum atomic E-state index is 2.49. The summed E-state index contributed by atoms with van der Waals surface area (Å²) in [5.74, 6) is 2.19. The second-order valence-electron chi connectivity index (χ2n) is 4.72. The van der Waals surface area contributed by atoms with Gasteiger partial charge < -0.3 is 4.90 Å². The predicted octanol–water partition coefficient (Wildman–Crippen LogP) is 3.51. The van der Waals surface area contributed by atoms with Crippen LogP contribution in [0.1, 0.15) is 19.3 Å². The van der Waals surface area contributed by atoms with Gasteiger partial charge in [0, 0.05) is 23.7 Å². The van der Waals surface area contributed by atoms with Gasteiger partial charge >= 0.3 is 0 Å². The highest BCUT2D eigenvalue weighted by molar-refractivity contribution is 7.99. The molecule has 0 bridgehead atoms. The predicted molar refractivity (Wildman–Crippen MR) is 72.0 cm³/mol. The molecule has 0 aromatic heterocycles. The smallest absolute Gasteiger partial charge is 0.0108 e. The van der Waals surface area contributed by atoms with Crippen molar-refractivity contribution < 1.29 is 0 Å². The van der Waals surface area contributed by atoms with Crippen molar-refractivity contribution in [3.8, 4) is 0 Å². The average Bonchev–Trinajstić information content (AvgIpc) is 2.25. The van der Waals surface area contributed by atoms with Crippen molar-refractivity contribution in [3.05, 3.63) is 30.3 Å². The molecule has 1 aromatic carbocycles. The minimum atomic E-state index is 0.992. The topological polar surface area (TPSA) is 3.24 Å². The average molecular weight is 235 g/mol. The first-order valence-electron chi connectivity index (χ1n) is 6.21. The molecule has 0 unspecified atom stereocenters. The quantitative estimate of drug-likeness (QED) is 0.694. The van der Waals surface area contributed by atoms with Crippen LogP contribution < -0.4 is 0 Å². The maximum absolute atomic E-state index is 2.49. The molecule has 1 saturated carbocycles. The molecule has 0 heterocycles. The van der Waals surface area contributed by atoms with Gasteiger partial charge in [-0.1, -0.05) is 24.6 Å². The van der Waals surface area contributed by atoms with Gasteiger partial charge in [0.05, 0.1) is 0 Å². The second kappa shape index (κ2) is 6.31. The van der Waals surface area contributed by atoms with Gasteiger partial charge in [0.2, 0.25) is 0 Å². The molecule has 0 spiro atoms. The summed E-state index contributed by atoms with van der Waals surface area (Å²) in [6, 6.07) is 10.7. The molecular formula is C14H21NS. The van der Waals surface area contributed by atoms with Crippen molar-refractivity contribution in [1.82, 2.24) is 4.90 Å². The highest BCUT2D eigenvalue weighted by Crippen LogP contribution is 2.26. The third-order valence-electron chi connectivity index (χ3n) is 3.28. The first-order valence-corrected chi connectivity index (χ1v) is 7.19. The van der Waals surface area contributed by atoms with Crippen LogP contribution in [0.3, 0.4) is 0 Å². The Bertz CT molecular complexity index is 295. The number of hydrogen-bond acceptors (Lipinski definition) is 2. The highest BCUT2D eigenvalue weighted by Gasteiger charge is 2.18.